The third kappa shape index (κ3) is 2.97. The minimum atomic E-state index is -3.77. The van der Waals surface area contributed by atoms with E-state index < -0.39 is 27.7 Å². The van der Waals surface area contributed by atoms with Gasteiger partial charge >= 0.3 is 11.7 Å². The molecule has 3 N–H and O–H groups in total. The van der Waals surface area contributed by atoms with Crippen molar-refractivity contribution in [2.45, 2.75) is 36.7 Å². The predicted molar refractivity (Wildman–Crippen MR) is 83.0 cm³/mol. The minimum Gasteiger partial charge on any atom is -0.480 e. The molecule has 1 aliphatic heterocycles. The lowest BCUT2D eigenvalue weighted by Gasteiger charge is -2.19. The number of primary sulfonamides is 1. The lowest BCUT2D eigenvalue weighted by molar-refractivity contribution is -0.141. The summed E-state index contributed by atoms with van der Waals surface area (Å²) in [6, 6.07) is 4.90. The summed E-state index contributed by atoms with van der Waals surface area (Å²) >= 11 is 0. The average molecular weight is 352 g/mol. The van der Waals surface area contributed by atoms with Gasteiger partial charge in [-0.1, -0.05) is 12.1 Å². The van der Waals surface area contributed by atoms with Gasteiger partial charge in [0.25, 0.3) is 0 Å². The number of aliphatic carboxylic acids is 1. The quantitative estimate of drug-likeness (QED) is 0.775. The Morgan fingerprint density at radius 1 is 1.33 bits per heavy atom. The van der Waals surface area contributed by atoms with Gasteiger partial charge in [0.15, 0.2) is 0 Å². The van der Waals surface area contributed by atoms with Gasteiger partial charge in [0.2, 0.25) is 10.0 Å². The fraction of sp³-hybridized carbons (Fsp3) is 0.357. The number of carbonyl (C=O) groups is 1. The molecule has 128 valence electrons. The Labute approximate surface area is 137 Å². The number of nitrogens with zero attached hydrogens (tertiary/aromatic N) is 3. The van der Waals surface area contributed by atoms with Gasteiger partial charge in [-0.3, -0.25) is 4.57 Å². The molecule has 24 heavy (non-hydrogen) atoms. The molecule has 2 aromatic rings. The largest absolute Gasteiger partial charge is 0.480 e. The maximum atomic E-state index is 12.4. The summed E-state index contributed by atoms with van der Waals surface area (Å²) in [7, 11) is -3.77. The first-order chi connectivity index (χ1) is 11.3. The van der Waals surface area contributed by atoms with E-state index >= 15 is 0 Å². The Bertz CT molecular complexity index is 943. The number of hydrogen-bond donors (Lipinski definition) is 2. The van der Waals surface area contributed by atoms with Gasteiger partial charge in [0.1, 0.15) is 11.9 Å². The number of nitrogens with two attached hydrogens (primary N) is 1. The van der Waals surface area contributed by atoms with Crippen LogP contribution in [0.2, 0.25) is 0 Å². The second kappa shape index (κ2) is 5.87. The van der Waals surface area contributed by atoms with E-state index in [2.05, 4.69) is 5.10 Å². The maximum Gasteiger partial charge on any atom is 0.347 e. The highest BCUT2D eigenvalue weighted by molar-refractivity contribution is 7.89. The number of carboxylic acid groups (broad SMARTS) is 1. The van der Waals surface area contributed by atoms with E-state index in [0.717, 1.165) is 0 Å². The van der Waals surface area contributed by atoms with Crippen molar-refractivity contribution >= 4 is 16.0 Å². The molecule has 10 heteroatoms. The van der Waals surface area contributed by atoms with E-state index in [1.165, 1.54) is 21.4 Å². The Morgan fingerprint density at radius 2 is 2.00 bits per heavy atom. The lowest BCUT2D eigenvalue weighted by atomic mass is 10.1. The van der Waals surface area contributed by atoms with E-state index in [0.29, 0.717) is 30.7 Å². The zero-order chi connectivity index (χ0) is 17.5. The molecule has 0 radical (unpaired) electrons. The van der Waals surface area contributed by atoms with Crippen LogP contribution in [0.4, 0.5) is 0 Å². The van der Waals surface area contributed by atoms with Gasteiger partial charge in [0.05, 0.1) is 11.4 Å². The van der Waals surface area contributed by atoms with E-state index in [1.807, 2.05) is 0 Å². The van der Waals surface area contributed by atoms with E-state index in [4.69, 9.17) is 5.14 Å². The molecule has 1 aliphatic rings. The van der Waals surface area contributed by atoms with Crippen LogP contribution >= 0.6 is 0 Å². The standard InChI is InChI=1S/C14H16N4O5S/c15-24(22,23)10-6-4-9(5-7-10)8-17-14(21)18-11(13(19)20)2-1-3-12(18)16-17/h4-7,11H,1-3,8H2,(H,19,20)(H2,15,22,23)/t11-/m1/s1. The van der Waals surface area contributed by atoms with E-state index in [-0.39, 0.29) is 11.4 Å². The van der Waals surface area contributed by atoms with Crippen molar-refractivity contribution in [2.75, 3.05) is 0 Å². The van der Waals surface area contributed by atoms with Crippen molar-refractivity contribution < 1.29 is 18.3 Å². The number of sulfonamides is 1. The van der Waals surface area contributed by atoms with Crippen LogP contribution in [0, 0.1) is 0 Å². The summed E-state index contributed by atoms with van der Waals surface area (Å²) in [5.41, 5.74) is 0.180. The Morgan fingerprint density at radius 3 is 2.58 bits per heavy atom. The van der Waals surface area contributed by atoms with E-state index in [1.54, 1.807) is 12.1 Å². The smallest absolute Gasteiger partial charge is 0.347 e. The number of carboxylic acids is 1. The molecule has 0 unspecified atom stereocenters. The van der Waals surface area contributed by atoms with Gasteiger partial charge in [-0.2, -0.15) is 5.10 Å². The van der Waals surface area contributed by atoms with Crippen molar-refractivity contribution in [3.63, 3.8) is 0 Å². The summed E-state index contributed by atoms with van der Waals surface area (Å²) in [6.07, 6.45) is 1.61. The summed E-state index contributed by atoms with van der Waals surface area (Å²) < 4.78 is 24.9. The summed E-state index contributed by atoms with van der Waals surface area (Å²) in [5.74, 6) is -0.588. The highest BCUT2D eigenvalue weighted by Gasteiger charge is 2.30. The Kier molecular flexibility index (Phi) is 4.01. The molecule has 0 amide bonds. The molecule has 0 aliphatic carbocycles. The molecule has 2 heterocycles. The number of aryl methyl sites for hydroxylation is 1. The topological polar surface area (TPSA) is 137 Å². The minimum absolute atomic E-state index is 0.0197. The second-order valence-corrected chi connectivity index (χ2v) is 7.22. The van der Waals surface area contributed by atoms with Crippen LogP contribution in [-0.4, -0.2) is 33.8 Å². The molecule has 0 fully saturated rings. The molecule has 9 nitrogen and oxygen atoms in total. The SMILES string of the molecule is NS(=O)(=O)c1ccc(Cn2nc3n(c2=O)[C@@H](C(=O)O)CCC3)cc1. The second-order valence-electron chi connectivity index (χ2n) is 5.66. The number of fused-ring (bicyclic) bond motifs is 1. The Balaban J connectivity index is 1.92. The monoisotopic (exact) mass is 352 g/mol. The third-order valence-corrected chi connectivity index (χ3v) is 4.93. The molecule has 0 spiro atoms. The highest BCUT2D eigenvalue weighted by atomic mass is 32.2. The first-order valence-corrected chi connectivity index (χ1v) is 8.85. The molecule has 3 rings (SSSR count). The van der Waals surface area contributed by atoms with Crippen LogP contribution in [0.15, 0.2) is 34.0 Å². The molecular formula is C14H16N4O5S. The van der Waals surface area contributed by atoms with Crippen LogP contribution in [0.5, 0.6) is 0 Å². The fourth-order valence-electron chi connectivity index (χ4n) is 2.83. The van der Waals surface area contributed by atoms with E-state index in [9.17, 15) is 23.1 Å². The number of rotatable bonds is 4. The normalized spacial score (nSPS) is 17.5. The summed E-state index contributed by atoms with van der Waals surface area (Å²) in [6.45, 7) is 0.121. The van der Waals surface area contributed by atoms with Gasteiger partial charge in [0, 0.05) is 6.42 Å². The summed E-state index contributed by atoms with van der Waals surface area (Å²) in [4.78, 5) is 23.7. The maximum absolute atomic E-state index is 12.4. The van der Waals surface area contributed by atoms with Crippen LogP contribution in [0.1, 0.15) is 30.3 Å². The molecule has 0 saturated carbocycles. The third-order valence-electron chi connectivity index (χ3n) is 4.00. The zero-order valence-electron chi connectivity index (χ0n) is 12.6. The predicted octanol–water partition coefficient (Wildman–Crippen LogP) is -0.298. The van der Waals surface area contributed by atoms with Crippen LogP contribution in [0.25, 0.3) is 0 Å². The number of benzene rings is 1. The van der Waals surface area contributed by atoms with Crippen molar-refractivity contribution in [2.24, 2.45) is 5.14 Å². The lowest BCUT2D eigenvalue weighted by Crippen LogP contribution is -2.34. The summed E-state index contributed by atoms with van der Waals surface area (Å²) in [5, 5.41) is 18.5. The van der Waals surface area contributed by atoms with Gasteiger partial charge in [-0.05, 0) is 30.5 Å². The Hall–Kier alpha value is -2.46. The van der Waals surface area contributed by atoms with Crippen molar-refractivity contribution in [1.29, 1.82) is 0 Å². The molecule has 1 atom stereocenters. The van der Waals surface area contributed by atoms with Crippen LogP contribution in [0.3, 0.4) is 0 Å². The molecule has 0 bridgehead atoms. The van der Waals surface area contributed by atoms with Gasteiger partial charge in [-0.25, -0.2) is 27.8 Å². The first kappa shape index (κ1) is 16.4. The molecular weight excluding hydrogens is 336 g/mol. The molecule has 1 aromatic carbocycles. The average Bonchev–Trinajstić information content (AvgIpc) is 2.83. The van der Waals surface area contributed by atoms with Crippen molar-refractivity contribution in [3.05, 3.63) is 46.1 Å². The zero-order valence-corrected chi connectivity index (χ0v) is 13.4. The highest BCUT2D eigenvalue weighted by Crippen LogP contribution is 2.22. The molecule has 1 aromatic heterocycles. The van der Waals surface area contributed by atoms with Crippen molar-refractivity contribution in [3.8, 4) is 0 Å². The van der Waals surface area contributed by atoms with Gasteiger partial charge in [-0.15, -0.1) is 0 Å². The molecule has 0 saturated heterocycles. The van der Waals surface area contributed by atoms with Crippen LogP contribution < -0.4 is 10.8 Å². The fourth-order valence-corrected chi connectivity index (χ4v) is 3.34. The van der Waals surface area contributed by atoms with Crippen molar-refractivity contribution in [1.82, 2.24) is 14.3 Å². The number of aromatic nitrogens is 3. The number of hydrogen-bond acceptors (Lipinski definition) is 5. The van der Waals surface area contributed by atoms with Gasteiger partial charge < -0.3 is 5.11 Å². The van der Waals surface area contributed by atoms with Crippen LogP contribution in [-0.2, 0) is 27.8 Å². The first-order valence-electron chi connectivity index (χ1n) is 7.30.